The third kappa shape index (κ3) is 5.13. The second-order valence-electron chi connectivity index (χ2n) is 10.9. The molecule has 37 heavy (non-hydrogen) atoms. The van der Waals surface area contributed by atoms with Crippen molar-refractivity contribution in [1.29, 1.82) is 0 Å². The van der Waals surface area contributed by atoms with Crippen molar-refractivity contribution in [2.75, 3.05) is 57.9 Å². The van der Waals surface area contributed by atoms with Gasteiger partial charge in [-0.15, -0.1) is 0 Å². The summed E-state index contributed by atoms with van der Waals surface area (Å²) in [4.78, 5) is 46.5. The summed E-state index contributed by atoms with van der Waals surface area (Å²) in [5.74, 6) is -0.528. The smallest absolute Gasteiger partial charge is 0.252 e. The summed E-state index contributed by atoms with van der Waals surface area (Å²) in [5.41, 5.74) is 0.643. The zero-order chi connectivity index (χ0) is 26.0. The van der Waals surface area contributed by atoms with E-state index in [1.165, 1.54) is 6.42 Å². The number of ether oxygens (including phenoxy) is 2. The van der Waals surface area contributed by atoms with E-state index in [2.05, 4.69) is 22.0 Å². The summed E-state index contributed by atoms with van der Waals surface area (Å²) in [6.45, 7) is 7.71. The molecule has 4 aliphatic rings. The van der Waals surface area contributed by atoms with Crippen LogP contribution in [-0.4, -0.2) is 104 Å². The lowest BCUT2D eigenvalue weighted by Crippen LogP contribution is -2.62. The number of hydrogen-bond donors (Lipinski definition) is 1. The molecule has 202 valence electrons. The van der Waals surface area contributed by atoms with E-state index in [1.54, 1.807) is 12.0 Å². The maximum atomic E-state index is 14.0. The molecule has 2 amide bonds. The number of nitrogens with zero attached hydrogens (tertiary/aromatic N) is 3. The lowest BCUT2D eigenvalue weighted by atomic mass is 9.80. The minimum atomic E-state index is -1.01. The lowest BCUT2D eigenvalue weighted by Gasteiger charge is -2.40. The molecule has 0 spiro atoms. The molecule has 0 aromatic heterocycles. The molecule has 1 N–H and O–H groups in total. The fourth-order valence-corrected chi connectivity index (χ4v) is 6.51. The van der Waals surface area contributed by atoms with Gasteiger partial charge in [0.2, 0.25) is 5.91 Å². The molecule has 3 heterocycles. The van der Waals surface area contributed by atoms with Gasteiger partial charge in [0.25, 0.3) is 5.91 Å². The zero-order valence-corrected chi connectivity index (χ0v) is 22.1. The number of methoxy groups -OCH3 is 1. The molecule has 1 aromatic carbocycles. The summed E-state index contributed by atoms with van der Waals surface area (Å²) in [5, 5.41) is 3.13. The molecule has 1 aliphatic carbocycles. The molecular formula is C28H40N4O5. The van der Waals surface area contributed by atoms with Gasteiger partial charge in [0, 0.05) is 44.5 Å². The average Bonchev–Trinajstić information content (AvgIpc) is 3.49. The third-order valence-electron chi connectivity index (χ3n) is 8.58. The van der Waals surface area contributed by atoms with Crippen molar-refractivity contribution in [1.82, 2.24) is 15.1 Å². The molecule has 5 rings (SSSR count). The van der Waals surface area contributed by atoms with E-state index in [0.29, 0.717) is 24.9 Å². The van der Waals surface area contributed by atoms with Crippen molar-refractivity contribution in [3.05, 3.63) is 29.8 Å². The van der Waals surface area contributed by atoms with Crippen molar-refractivity contribution >= 4 is 23.3 Å². The Morgan fingerprint density at radius 2 is 1.78 bits per heavy atom. The number of carbonyl (C=O) groups excluding carboxylic acids is 3. The average molecular weight is 513 g/mol. The highest BCUT2D eigenvalue weighted by Gasteiger charge is 2.56. The highest BCUT2D eigenvalue weighted by Crippen LogP contribution is 2.36. The Balaban J connectivity index is 1.29. The van der Waals surface area contributed by atoms with E-state index in [9.17, 15) is 14.4 Å². The number of fused-ring (bicyclic) bond motifs is 1. The van der Waals surface area contributed by atoms with Crippen LogP contribution in [0.3, 0.4) is 0 Å². The molecule has 9 nitrogen and oxygen atoms in total. The first-order chi connectivity index (χ1) is 18.0. The zero-order valence-electron chi connectivity index (χ0n) is 22.1. The minimum Gasteiger partial charge on any atom is -0.377 e. The Bertz CT molecular complexity index is 985. The monoisotopic (exact) mass is 512 g/mol. The predicted molar refractivity (Wildman–Crippen MR) is 140 cm³/mol. The number of carbonyl (C=O) groups is 3. The Morgan fingerprint density at radius 3 is 2.43 bits per heavy atom. The van der Waals surface area contributed by atoms with Gasteiger partial charge in [-0.2, -0.15) is 0 Å². The molecular weight excluding hydrogens is 472 g/mol. The number of piperazine rings is 1. The topological polar surface area (TPSA) is 91.4 Å². The number of anilines is 1. The van der Waals surface area contributed by atoms with Gasteiger partial charge < -0.3 is 24.6 Å². The molecule has 3 saturated heterocycles. The Hall–Kier alpha value is -2.49. The van der Waals surface area contributed by atoms with Crippen molar-refractivity contribution in [3.8, 4) is 0 Å². The van der Waals surface area contributed by atoms with E-state index in [1.807, 2.05) is 24.3 Å². The number of nitrogens with one attached hydrogen (secondary N) is 1. The van der Waals surface area contributed by atoms with Crippen LogP contribution in [0.4, 0.5) is 5.69 Å². The second kappa shape index (κ2) is 11.1. The van der Waals surface area contributed by atoms with Gasteiger partial charge in [0.1, 0.15) is 30.4 Å². The molecule has 3 aliphatic heterocycles. The fourth-order valence-electron chi connectivity index (χ4n) is 6.51. The van der Waals surface area contributed by atoms with Gasteiger partial charge in [0.15, 0.2) is 5.78 Å². The van der Waals surface area contributed by atoms with E-state index in [-0.39, 0.29) is 30.3 Å². The number of rotatable bonds is 7. The number of amides is 2. The van der Waals surface area contributed by atoms with E-state index < -0.39 is 17.7 Å². The normalized spacial score (nSPS) is 27.8. The predicted octanol–water partition coefficient (Wildman–Crippen LogP) is 1.85. The van der Waals surface area contributed by atoms with Crippen LogP contribution >= 0.6 is 0 Å². The van der Waals surface area contributed by atoms with Gasteiger partial charge in [-0.25, -0.2) is 0 Å². The quantitative estimate of drug-likeness (QED) is 0.596. The summed E-state index contributed by atoms with van der Waals surface area (Å²) < 4.78 is 11.2. The third-order valence-corrected chi connectivity index (χ3v) is 8.58. The van der Waals surface area contributed by atoms with Crippen molar-refractivity contribution < 1.29 is 23.9 Å². The van der Waals surface area contributed by atoms with E-state index in [0.717, 1.165) is 57.7 Å². The maximum absolute atomic E-state index is 14.0. The fraction of sp³-hybridized carbons (Fsp3) is 0.679. The molecule has 1 aromatic rings. The highest BCUT2D eigenvalue weighted by atomic mass is 16.5. The summed E-state index contributed by atoms with van der Waals surface area (Å²) in [7, 11) is 1.58. The lowest BCUT2D eigenvalue weighted by molar-refractivity contribution is -0.143. The van der Waals surface area contributed by atoms with Gasteiger partial charge in [0.05, 0.1) is 6.54 Å². The SMILES string of the molecule is CCCN1CCN(c2ccc(C(=O)NC3(C(=O)N4C[C@@H](OC)[C@H]5OCC(=O)[C@H]54)CCCCC3)cc2)CC1. The molecule has 4 fully saturated rings. The van der Waals surface area contributed by atoms with Crippen molar-refractivity contribution in [3.63, 3.8) is 0 Å². The Labute approximate surface area is 219 Å². The molecule has 0 radical (unpaired) electrons. The second-order valence-corrected chi connectivity index (χ2v) is 10.9. The van der Waals surface area contributed by atoms with Crippen LogP contribution in [0.1, 0.15) is 55.8 Å². The first-order valence-corrected chi connectivity index (χ1v) is 13.8. The van der Waals surface area contributed by atoms with Gasteiger partial charge in [-0.05, 0) is 50.1 Å². The van der Waals surface area contributed by atoms with Crippen LogP contribution in [0.25, 0.3) is 0 Å². The molecule has 1 saturated carbocycles. The summed E-state index contributed by atoms with van der Waals surface area (Å²) in [6.07, 6.45) is 4.27. The first-order valence-electron chi connectivity index (χ1n) is 13.8. The van der Waals surface area contributed by atoms with Crippen LogP contribution in [-0.2, 0) is 19.1 Å². The Kier molecular flexibility index (Phi) is 7.83. The number of benzene rings is 1. The van der Waals surface area contributed by atoms with Crippen molar-refractivity contribution in [2.45, 2.75) is 69.2 Å². The summed E-state index contributed by atoms with van der Waals surface area (Å²) >= 11 is 0. The maximum Gasteiger partial charge on any atom is 0.252 e. The highest BCUT2D eigenvalue weighted by molar-refractivity contribution is 6.01. The van der Waals surface area contributed by atoms with Crippen LogP contribution in [0.15, 0.2) is 24.3 Å². The number of Topliss-reactive ketones (excluding diaryl/α,β-unsaturated/α-hetero) is 1. The molecule has 0 unspecified atom stereocenters. The Morgan fingerprint density at radius 1 is 1.08 bits per heavy atom. The molecule has 3 atom stereocenters. The molecule has 0 bridgehead atoms. The van der Waals surface area contributed by atoms with Crippen LogP contribution < -0.4 is 10.2 Å². The van der Waals surface area contributed by atoms with Gasteiger partial charge in [-0.3, -0.25) is 19.3 Å². The first kappa shape index (κ1) is 26.1. The van der Waals surface area contributed by atoms with E-state index >= 15 is 0 Å². The van der Waals surface area contributed by atoms with Gasteiger partial charge in [-0.1, -0.05) is 26.2 Å². The largest absolute Gasteiger partial charge is 0.377 e. The number of hydrogen-bond acceptors (Lipinski definition) is 7. The van der Waals surface area contributed by atoms with Crippen LogP contribution in [0.5, 0.6) is 0 Å². The van der Waals surface area contributed by atoms with Gasteiger partial charge >= 0.3 is 0 Å². The number of ketones is 1. The van der Waals surface area contributed by atoms with Crippen molar-refractivity contribution in [2.24, 2.45) is 0 Å². The van der Waals surface area contributed by atoms with E-state index in [4.69, 9.17) is 9.47 Å². The van der Waals surface area contributed by atoms with Crippen LogP contribution in [0, 0.1) is 0 Å². The standard InChI is InChI=1S/C28H40N4O5/c1-3-13-30-14-16-31(17-15-30)21-9-7-20(8-10-21)26(34)29-28(11-5-4-6-12-28)27(35)32-18-23(36-2)25-24(32)22(33)19-37-25/h7-10,23-25H,3-6,11-19H2,1-2H3,(H,29,34)/t23-,24-,25-/m1/s1. The summed E-state index contributed by atoms with van der Waals surface area (Å²) in [6, 6.07) is 7.08. The minimum absolute atomic E-state index is 0.00165. The van der Waals surface area contributed by atoms with Crippen LogP contribution in [0.2, 0.25) is 0 Å². The molecule has 9 heteroatoms. The number of likely N-dealkylation sites (tertiary alicyclic amines) is 1.